The molecule has 126 valence electrons. The molecule has 0 aromatic carbocycles. The summed E-state index contributed by atoms with van der Waals surface area (Å²) < 4.78 is 38.1. The Hall–Kier alpha value is -0.290. The van der Waals surface area contributed by atoms with Crippen molar-refractivity contribution < 1.29 is 13.2 Å². The van der Waals surface area contributed by atoms with E-state index in [-0.39, 0.29) is 0 Å². The minimum atomic E-state index is -4.10. The fraction of sp³-hybridized carbons (Fsp3) is 1.00. The quantitative estimate of drug-likeness (QED) is 0.727. The zero-order valence-corrected chi connectivity index (χ0v) is 13.7. The summed E-state index contributed by atoms with van der Waals surface area (Å²) in [6.07, 6.45) is 1.06. The molecule has 1 aliphatic carbocycles. The highest BCUT2D eigenvalue weighted by Crippen LogP contribution is 2.30. The minimum Gasteiger partial charge on any atom is -0.314 e. The van der Waals surface area contributed by atoms with Gasteiger partial charge < -0.3 is 5.32 Å². The normalized spacial score (nSPS) is 27.3. The van der Waals surface area contributed by atoms with Crippen LogP contribution in [0.1, 0.15) is 52.9 Å². The van der Waals surface area contributed by atoms with Crippen molar-refractivity contribution in [3.63, 3.8) is 0 Å². The Morgan fingerprint density at radius 1 is 1.14 bits per heavy atom. The van der Waals surface area contributed by atoms with Crippen LogP contribution in [0.15, 0.2) is 0 Å². The average Bonchev–Trinajstić information content (AvgIpc) is 2.36. The second-order valence-corrected chi connectivity index (χ2v) is 6.59. The molecule has 1 N–H and O–H groups in total. The molecule has 1 fully saturated rings. The van der Waals surface area contributed by atoms with Crippen LogP contribution in [0, 0.1) is 11.8 Å². The molecule has 3 unspecified atom stereocenters. The van der Waals surface area contributed by atoms with Crippen molar-refractivity contribution in [2.45, 2.75) is 65.1 Å². The minimum absolute atomic E-state index is 0.342. The number of nitrogens with one attached hydrogen (secondary N) is 1. The van der Waals surface area contributed by atoms with Crippen LogP contribution in [0.2, 0.25) is 0 Å². The van der Waals surface area contributed by atoms with Gasteiger partial charge in [-0.3, -0.25) is 4.90 Å². The highest BCUT2D eigenvalue weighted by Gasteiger charge is 2.34. The van der Waals surface area contributed by atoms with Gasteiger partial charge in [0.1, 0.15) is 0 Å². The molecule has 0 aromatic rings. The SMILES string of the molecule is CCCNC1CCC(C)CC1CN(CCC)CC(F)(F)F. The van der Waals surface area contributed by atoms with Crippen molar-refractivity contribution in [2.75, 3.05) is 26.2 Å². The molecular formula is C16H31F3N2. The number of hydrogen-bond acceptors (Lipinski definition) is 2. The first kappa shape index (κ1) is 18.8. The summed E-state index contributed by atoms with van der Waals surface area (Å²) in [6, 6.07) is 0.383. The molecule has 1 rings (SSSR count). The van der Waals surface area contributed by atoms with Crippen molar-refractivity contribution in [1.82, 2.24) is 10.2 Å². The second-order valence-electron chi connectivity index (χ2n) is 6.59. The smallest absolute Gasteiger partial charge is 0.314 e. The molecule has 1 saturated carbocycles. The molecule has 0 radical (unpaired) electrons. The van der Waals surface area contributed by atoms with Crippen LogP contribution < -0.4 is 5.32 Å². The first-order valence-corrected chi connectivity index (χ1v) is 8.38. The number of halogens is 3. The van der Waals surface area contributed by atoms with E-state index < -0.39 is 12.7 Å². The van der Waals surface area contributed by atoms with Crippen molar-refractivity contribution >= 4 is 0 Å². The van der Waals surface area contributed by atoms with Crippen LogP contribution in [-0.4, -0.2) is 43.3 Å². The van der Waals surface area contributed by atoms with E-state index in [1.54, 1.807) is 4.90 Å². The lowest BCUT2D eigenvalue weighted by Crippen LogP contribution is -2.47. The largest absolute Gasteiger partial charge is 0.401 e. The maximum Gasteiger partial charge on any atom is 0.401 e. The van der Waals surface area contributed by atoms with E-state index in [1.807, 2.05) is 6.92 Å². The van der Waals surface area contributed by atoms with E-state index in [4.69, 9.17) is 0 Å². The first-order valence-electron chi connectivity index (χ1n) is 8.38. The highest BCUT2D eigenvalue weighted by atomic mass is 19.4. The van der Waals surface area contributed by atoms with Crippen LogP contribution in [0.5, 0.6) is 0 Å². The maximum absolute atomic E-state index is 12.7. The van der Waals surface area contributed by atoms with Gasteiger partial charge in [-0.15, -0.1) is 0 Å². The lowest BCUT2D eigenvalue weighted by molar-refractivity contribution is -0.148. The van der Waals surface area contributed by atoms with Gasteiger partial charge in [0.15, 0.2) is 0 Å². The Labute approximate surface area is 127 Å². The molecule has 21 heavy (non-hydrogen) atoms. The molecule has 3 atom stereocenters. The molecule has 0 heterocycles. The summed E-state index contributed by atoms with van der Waals surface area (Å²) in [5.41, 5.74) is 0. The van der Waals surface area contributed by atoms with E-state index in [9.17, 15) is 13.2 Å². The zero-order valence-electron chi connectivity index (χ0n) is 13.7. The third kappa shape index (κ3) is 7.50. The third-order valence-corrected chi connectivity index (χ3v) is 4.34. The molecule has 0 saturated heterocycles. The van der Waals surface area contributed by atoms with Gasteiger partial charge in [-0.1, -0.05) is 20.8 Å². The fourth-order valence-corrected chi connectivity index (χ4v) is 3.44. The highest BCUT2D eigenvalue weighted by molar-refractivity contribution is 4.86. The zero-order chi connectivity index (χ0) is 15.9. The molecular weight excluding hydrogens is 277 g/mol. The number of alkyl halides is 3. The van der Waals surface area contributed by atoms with Gasteiger partial charge in [0.05, 0.1) is 6.54 Å². The number of hydrogen-bond donors (Lipinski definition) is 1. The van der Waals surface area contributed by atoms with Gasteiger partial charge >= 0.3 is 6.18 Å². The number of rotatable bonds is 8. The van der Waals surface area contributed by atoms with Crippen LogP contribution in [-0.2, 0) is 0 Å². The van der Waals surface area contributed by atoms with E-state index in [0.29, 0.717) is 31.0 Å². The van der Waals surface area contributed by atoms with E-state index >= 15 is 0 Å². The summed E-state index contributed by atoms with van der Waals surface area (Å²) in [6.45, 7) is 7.58. The summed E-state index contributed by atoms with van der Waals surface area (Å²) in [7, 11) is 0. The summed E-state index contributed by atoms with van der Waals surface area (Å²) in [5, 5.41) is 3.54. The van der Waals surface area contributed by atoms with Gasteiger partial charge in [0, 0.05) is 12.6 Å². The Bertz CT molecular complexity index is 279. The van der Waals surface area contributed by atoms with Crippen molar-refractivity contribution in [3.05, 3.63) is 0 Å². The monoisotopic (exact) mass is 308 g/mol. The van der Waals surface area contributed by atoms with E-state index in [1.165, 1.54) is 6.42 Å². The lowest BCUT2D eigenvalue weighted by Gasteiger charge is -2.38. The molecule has 0 amide bonds. The summed E-state index contributed by atoms with van der Waals surface area (Å²) >= 11 is 0. The molecule has 0 bridgehead atoms. The van der Waals surface area contributed by atoms with E-state index in [2.05, 4.69) is 19.2 Å². The van der Waals surface area contributed by atoms with Crippen molar-refractivity contribution in [3.8, 4) is 0 Å². The fourth-order valence-electron chi connectivity index (χ4n) is 3.44. The summed E-state index contributed by atoms with van der Waals surface area (Å²) in [4.78, 5) is 1.60. The van der Waals surface area contributed by atoms with E-state index in [0.717, 1.165) is 32.2 Å². The van der Waals surface area contributed by atoms with Gasteiger partial charge in [0.2, 0.25) is 0 Å². The van der Waals surface area contributed by atoms with Crippen LogP contribution >= 0.6 is 0 Å². The molecule has 5 heteroatoms. The lowest BCUT2D eigenvalue weighted by atomic mass is 9.78. The van der Waals surface area contributed by atoms with Crippen molar-refractivity contribution in [2.24, 2.45) is 11.8 Å². The van der Waals surface area contributed by atoms with Crippen LogP contribution in [0.3, 0.4) is 0 Å². The predicted molar refractivity (Wildman–Crippen MR) is 81.4 cm³/mol. The number of nitrogens with zero attached hydrogens (tertiary/aromatic N) is 1. The summed E-state index contributed by atoms with van der Waals surface area (Å²) in [5.74, 6) is 0.971. The maximum atomic E-state index is 12.7. The van der Waals surface area contributed by atoms with Gasteiger partial charge in [-0.05, 0) is 57.0 Å². The Morgan fingerprint density at radius 2 is 1.86 bits per heavy atom. The molecule has 1 aliphatic rings. The Kier molecular flexibility index (Phi) is 8.03. The molecule has 0 aromatic heterocycles. The Balaban J connectivity index is 2.62. The van der Waals surface area contributed by atoms with Gasteiger partial charge in [-0.2, -0.15) is 13.2 Å². The Morgan fingerprint density at radius 3 is 2.43 bits per heavy atom. The molecule has 0 aliphatic heterocycles. The van der Waals surface area contributed by atoms with Crippen molar-refractivity contribution in [1.29, 1.82) is 0 Å². The third-order valence-electron chi connectivity index (χ3n) is 4.34. The molecule has 2 nitrogen and oxygen atoms in total. The molecule has 0 spiro atoms. The predicted octanol–water partition coefficient (Wildman–Crippen LogP) is 4.07. The standard InChI is InChI=1S/C16H31F3N2/c1-4-8-20-15-7-6-13(3)10-14(15)11-21(9-5-2)12-16(17,18)19/h13-15,20H,4-12H2,1-3H3. The van der Waals surface area contributed by atoms with Crippen LogP contribution in [0.25, 0.3) is 0 Å². The average molecular weight is 308 g/mol. The first-order chi connectivity index (χ1) is 9.85. The van der Waals surface area contributed by atoms with Gasteiger partial charge in [-0.25, -0.2) is 0 Å². The van der Waals surface area contributed by atoms with Gasteiger partial charge in [0.25, 0.3) is 0 Å². The van der Waals surface area contributed by atoms with Crippen LogP contribution in [0.4, 0.5) is 13.2 Å². The second kappa shape index (κ2) is 8.99. The topological polar surface area (TPSA) is 15.3 Å².